The molecule has 0 aromatic carbocycles. The molecule has 2 fully saturated rings. The van der Waals surface area contributed by atoms with E-state index in [-0.39, 0.29) is 55.6 Å². The van der Waals surface area contributed by atoms with Crippen molar-refractivity contribution in [3.8, 4) is 0 Å². The summed E-state index contributed by atoms with van der Waals surface area (Å²) in [5.41, 5.74) is 0. The van der Waals surface area contributed by atoms with E-state index in [4.69, 9.17) is 4.74 Å². The molecule has 1 amide bonds. The Hall–Kier alpha value is -0.310. The van der Waals surface area contributed by atoms with Crippen LogP contribution in [0.5, 0.6) is 0 Å². The van der Waals surface area contributed by atoms with E-state index < -0.39 is 0 Å². The number of hydrogen-bond donors (Lipinski definition) is 4. The van der Waals surface area contributed by atoms with Crippen molar-refractivity contribution in [2.24, 2.45) is 0 Å². The third-order valence-corrected chi connectivity index (χ3v) is 3.94. The number of rotatable bonds is 3. The highest BCUT2D eigenvalue weighted by atomic mass is 35.5. The van der Waals surface area contributed by atoms with Gasteiger partial charge in [0, 0.05) is 44.3 Å². The molecular formula is C13H28Cl2N4O3. The molecule has 4 N–H and O–H groups in total. The Labute approximate surface area is 144 Å². The summed E-state index contributed by atoms with van der Waals surface area (Å²) in [7, 11) is 0. The second-order valence-corrected chi connectivity index (χ2v) is 5.78. The second-order valence-electron chi connectivity index (χ2n) is 5.78. The fraction of sp³-hybridized carbons (Fsp3) is 0.923. The van der Waals surface area contributed by atoms with E-state index >= 15 is 0 Å². The lowest BCUT2D eigenvalue weighted by Gasteiger charge is -2.37. The van der Waals surface area contributed by atoms with Crippen LogP contribution in [0.25, 0.3) is 0 Å². The molecule has 0 unspecified atom stereocenters. The predicted octanol–water partition coefficient (Wildman–Crippen LogP) is -0.429. The zero-order chi connectivity index (χ0) is 14.5. The van der Waals surface area contributed by atoms with Crippen LogP contribution in [0.4, 0.5) is 4.79 Å². The standard InChI is InChI=1S/C13H26N4O3.2ClH/c1-9-3-15-11(5-14-9)8-20-13(19)17-6-12(7-18)16-4-10(17)2;;/h9-12,14-16,18H,3-8H2,1-2H3;2*1H/t9-,10-,11+,12+;;/m1../s1. The SMILES string of the molecule is C[C@@H]1CN[C@H](COC(=O)N2C[C@@H](CO)NC[C@H]2C)CN1.Cl.Cl. The lowest BCUT2D eigenvalue weighted by molar-refractivity contribution is 0.0562. The normalized spacial score (nSPS) is 31.7. The van der Waals surface area contributed by atoms with Crippen LogP contribution in [0, 0.1) is 0 Å². The maximum atomic E-state index is 12.1. The first-order chi connectivity index (χ1) is 9.60. The molecule has 0 aromatic heterocycles. The quantitative estimate of drug-likeness (QED) is 0.547. The fourth-order valence-corrected chi connectivity index (χ4v) is 2.51. The number of halogens is 2. The van der Waals surface area contributed by atoms with Crippen molar-refractivity contribution in [3.05, 3.63) is 0 Å². The van der Waals surface area contributed by atoms with Gasteiger partial charge in [0.2, 0.25) is 0 Å². The Kier molecular flexibility index (Phi) is 10.3. The van der Waals surface area contributed by atoms with Gasteiger partial charge in [0.05, 0.1) is 12.6 Å². The summed E-state index contributed by atoms with van der Waals surface area (Å²) in [6, 6.07) is 0.652. The minimum Gasteiger partial charge on any atom is -0.448 e. The van der Waals surface area contributed by atoms with E-state index in [2.05, 4.69) is 22.9 Å². The van der Waals surface area contributed by atoms with E-state index in [0.29, 0.717) is 25.7 Å². The van der Waals surface area contributed by atoms with Crippen molar-refractivity contribution in [1.82, 2.24) is 20.9 Å². The number of aliphatic hydroxyl groups excluding tert-OH is 1. The number of ether oxygens (including phenoxy) is 1. The summed E-state index contributed by atoms with van der Waals surface area (Å²) in [4.78, 5) is 13.8. The van der Waals surface area contributed by atoms with Gasteiger partial charge < -0.3 is 30.7 Å². The van der Waals surface area contributed by atoms with E-state index in [1.807, 2.05) is 6.92 Å². The minimum absolute atomic E-state index is 0. The van der Waals surface area contributed by atoms with Crippen molar-refractivity contribution < 1.29 is 14.6 Å². The van der Waals surface area contributed by atoms with Crippen LogP contribution in [0.3, 0.4) is 0 Å². The van der Waals surface area contributed by atoms with Gasteiger partial charge in [0.25, 0.3) is 0 Å². The number of amides is 1. The predicted molar refractivity (Wildman–Crippen MR) is 90.1 cm³/mol. The largest absolute Gasteiger partial charge is 0.448 e. The zero-order valence-corrected chi connectivity index (χ0v) is 14.7. The number of hydrogen-bond acceptors (Lipinski definition) is 6. The molecule has 0 aromatic rings. The van der Waals surface area contributed by atoms with Gasteiger partial charge in [-0.15, -0.1) is 24.8 Å². The lowest BCUT2D eigenvalue weighted by atomic mass is 10.1. The van der Waals surface area contributed by atoms with E-state index in [1.165, 1.54) is 0 Å². The first-order valence-corrected chi connectivity index (χ1v) is 7.34. The molecule has 0 saturated carbocycles. The van der Waals surface area contributed by atoms with E-state index in [1.54, 1.807) is 4.90 Å². The fourth-order valence-electron chi connectivity index (χ4n) is 2.51. The number of piperazine rings is 2. The maximum Gasteiger partial charge on any atom is 0.410 e. The van der Waals surface area contributed by atoms with Gasteiger partial charge in [-0.2, -0.15) is 0 Å². The Bertz CT molecular complexity index is 330. The minimum atomic E-state index is -0.294. The van der Waals surface area contributed by atoms with Crippen molar-refractivity contribution in [2.75, 3.05) is 39.4 Å². The molecule has 0 spiro atoms. The third kappa shape index (κ3) is 6.06. The average molecular weight is 359 g/mol. The van der Waals surface area contributed by atoms with E-state index in [9.17, 15) is 9.90 Å². The molecule has 2 aliphatic rings. The van der Waals surface area contributed by atoms with Gasteiger partial charge in [0.15, 0.2) is 0 Å². The third-order valence-electron chi connectivity index (χ3n) is 3.94. The molecule has 132 valence electrons. The maximum absolute atomic E-state index is 12.1. The number of aliphatic hydroxyl groups is 1. The van der Waals surface area contributed by atoms with Crippen molar-refractivity contribution in [3.63, 3.8) is 0 Å². The smallest absolute Gasteiger partial charge is 0.410 e. The Morgan fingerprint density at radius 3 is 2.41 bits per heavy atom. The molecule has 2 rings (SSSR count). The van der Waals surface area contributed by atoms with Gasteiger partial charge in [-0.1, -0.05) is 0 Å². The van der Waals surface area contributed by atoms with Crippen molar-refractivity contribution >= 4 is 30.9 Å². The summed E-state index contributed by atoms with van der Waals surface area (Å²) in [6.07, 6.45) is -0.294. The molecule has 22 heavy (non-hydrogen) atoms. The van der Waals surface area contributed by atoms with Gasteiger partial charge in [-0.05, 0) is 13.8 Å². The molecule has 2 heterocycles. The molecular weight excluding hydrogens is 331 g/mol. The summed E-state index contributed by atoms with van der Waals surface area (Å²) in [5.74, 6) is 0. The lowest BCUT2D eigenvalue weighted by Crippen LogP contribution is -2.59. The van der Waals surface area contributed by atoms with Crippen molar-refractivity contribution in [1.29, 1.82) is 0 Å². The Morgan fingerprint density at radius 2 is 1.82 bits per heavy atom. The topological polar surface area (TPSA) is 85.9 Å². The molecule has 9 heteroatoms. The van der Waals surface area contributed by atoms with E-state index in [0.717, 1.165) is 13.1 Å². The number of nitrogens with zero attached hydrogens (tertiary/aromatic N) is 1. The molecule has 7 nitrogen and oxygen atoms in total. The summed E-state index contributed by atoms with van der Waals surface area (Å²) in [5, 5.41) is 19.1. The zero-order valence-electron chi connectivity index (χ0n) is 13.1. The van der Waals surface area contributed by atoms with Gasteiger partial charge in [0.1, 0.15) is 6.61 Å². The molecule has 2 saturated heterocycles. The Morgan fingerprint density at radius 1 is 1.14 bits per heavy atom. The molecule has 0 bridgehead atoms. The number of carbonyl (C=O) groups is 1. The molecule has 2 aliphatic heterocycles. The highest BCUT2D eigenvalue weighted by Gasteiger charge is 2.30. The highest BCUT2D eigenvalue weighted by molar-refractivity contribution is 5.85. The molecule has 0 radical (unpaired) electrons. The van der Waals surface area contributed by atoms with Crippen LogP contribution in [-0.4, -0.2) is 79.7 Å². The van der Waals surface area contributed by atoms with Crippen LogP contribution < -0.4 is 16.0 Å². The van der Waals surface area contributed by atoms with Gasteiger partial charge in [-0.3, -0.25) is 0 Å². The monoisotopic (exact) mass is 358 g/mol. The summed E-state index contributed by atoms with van der Waals surface area (Å²) < 4.78 is 5.39. The van der Waals surface area contributed by atoms with Crippen LogP contribution >= 0.6 is 24.8 Å². The highest BCUT2D eigenvalue weighted by Crippen LogP contribution is 2.09. The summed E-state index contributed by atoms with van der Waals surface area (Å²) in [6.45, 7) is 7.37. The van der Waals surface area contributed by atoms with Gasteiger partial charge >= 0.3 is 6.09 Å². The first-order valence-electron chi connectivity index (χ1n) is 7.34. The van der Waals surface area contributed by atoms with Crippen LogP contribution in [-0.2, 0) is 4.74 Å². The summed E-state index contributed by atoms with van der Waals surface area (Å²) >= 11 is 0. The van der Waals surface area contributed by atoms with Crippen LogP contribution in [0.15, 0.2) is 0 Å². The Balaban J connectivity index is 0.00000220. The molecule has 0 aliphatic carbocycles. The second kappa shape index (κ2) is 10.5. The average Bonchev–Trinajstić information content (AvgIpc) is 2.47. The van der Waals surface area contributed by atoms with Crippen LogP contribution in [0.1, 0.15) is 13.8 Å². The van der Waals surface area contributed by atoms with Crippen LogP contribution in [0.2, 0.25) is 0 Å². The first kappa shape index (κ1) is 21.7. The molecule has 4 atom stereocenters. The van der Waals surface area contributed by atoms with Gasteiger partial charge in [-0.25, -0.2) is 4.79 Å². The van der Waals surface area contributed by atoms with Crippen molar-refractivity contribution in [2.45, 2.75) is 38.0 Å². The number of nitrogens with one attached hydrogen (secondary N) is 3. The number of carbonyl (C=O) groups excluding carboxylic acids is 1.